The van der Waals surface area contributed by atoms with Crippen LogP contribution in [0.4, 0.5) is 0 Å². The highest BCUT2D eigenvalue weighted by Gasteiger charge is 2.46. The zero-order valence-electron chi connectivity index (χ0n) is 18.8. The largest absolute Gasteiger partial charge is 0.505 e. The Kier molecular flexibility index (Phi) is 6.12. The predicted octanol–water partition coefficient (Wildman–Crippen LogP) is 3.05. The van der Waals surface area contributed by atoms with E-state index in [0.717, 1.165) is 13.1 Å². The molecule has 2 saturated heterocycles. The summed E-state index contributed by atoms with van der Waals surface area (Å²) in [6.45, 7) is 5.53. The number of aliphatic hydroxyl groups is 1. The maximum atomic E-state index is 13.3. The Morgan fingerprint density at radius 3 is 2.71 bits per heavy atom. The van der Waals surface area contributed by atoms with Crippen LogP contribution in [0.2, 0.25) is 5.02 Å². The number of carbonyl (C=O) groups excluding carboxylic acids is 2. The van der Waals surface area contributed by atoms with Gasteiger partial charge in [-0.2, -0.15) is 0 Å². The van der Waals surface area contributed by atoms with Crippen LogP contribution in [0.25, 0.3) is 11.4 Å². The first-order chi connectivity index (χ1) is 16.5. The van der Waals surface area contributed by atoms with Crippen LogP contribution >= 0.6 is 11.6 Å². The highest BCUT2D eigenvalue weighted by Crippen LogP contribution is 2.40. The van der Waals surface area contributed by atoms with E-state index < -0.39 is 17.7 Å². The van der Waals surface area contributed by atoms with E-state index in [2.05, 4.69) is 9.88 Å². The maximum absolute atomic E-state index is 13.3. The molecule has 1 atom stereocenters. The monoisotopic (exact) mass is 480 g/mol. The third kappa shape index (κ3) is 3.98. The highest BCUT2D eigenvalue weighted by molar-refractivity contribution is 6.46. The van der Waals surface area contributed by atoms with Crippen LogP contribution in [-0.4, -0.2) is 75.4 Å². The number of halogens is 1. The molecule has 34 heavy (non-hydrogen) atoms. The number of imidazole rings is 1. The minimum Gasteiger partial charge on any atom is -0.505 e. The van der Waals surface area contributed by atoms with Crippen molar-refractivity contribution < 1.29 is 19.4 Å². The van der Waals surface area contributed by atoms with E-state index in [1.807, 2.05) is 24.3 Å². The first-order valence-electron chi connectivity index (χ1n) is 11.2. The Bertz CT molecular complexity index is 1300. The number of pyridine rings is 1. The molecule has 1 N–H and O–H groups in total. The number of benzene rings is 1. The Balaban J connectivity index is 1.61. The number of morpholine rings is 1. The molecule has 9 heteroatoms. The van der Waals surface area contributed by atoms with E-state index in [-0.39, 0.29) is 11.3 Å². The molecule has 2 aliphatic heterocycles. The van der Waals surface area contributed by atoms with Crippen molar-refractivity contribution in [1.82, 2.24) is 19.2 Å². The smallest absolute Gasteiger partial charge is 0.295 e. The predicted molar refractivity (Wildman–Crippen MR) is 128 cm³/mol. The molecule has 0 aliphatic carbocycles. The zero-order valence-corrected chi connectivity index (χ0v) is 19.5. The molecule has 176 valence electrons. The van der Waals surface area contributed by atoms with Crippen molar-refractivity contribution in [3.05, 3.63) is 76.2 Å². The normalized spacial score (nSPS) is 21.0. The van der Waals surface area contributed by atoms with Crippen molar-refractivity contribution in [2.45, 2.75) is 13.0 Å². The molecule has 0 bridgehead atoms. The van der Waals surface area contributed by atoms with Crippen LogP contribution in [-0.2, 0) is 14.3 Å². The molecule has 5 rings (SSSR count). The lowest BCUT2D eigenvalue weighted by molar-refractivity contribution is -0.140. The van der Waals surface area contributed by atoms with Gasteiger partial charge < -0.3 is 14.7 Å². The molecule has 0 saturated carbocycles. The molecule has 2 aliphatic rings. The van der Waals surface area contributed by atoms with Gasteiger partial charge in [0.05, 0.1) is 30.5 Å². The summed E-state index contributed by atoms with van der Waals surface area (Å²) >= 11 is 6.27. The Morgan fingerprint density at radius 2 is 1.94 bits per heavy atom. The number of rotatable bonds is 5. The number of aromatic nitrogens is 2. The number of hydrogen-bond acceptors (Lipinski definition) is 6. The average molecular weight is 481 g/mol. The van der Waals surface area contributed by atoms with E-state index in [0.29, 0.717) is 53.9 Å². The minimum absolute atomic E-state index is 0.0444. The van der Waals surface area contributed by atoms with Crippen molar-refractivity contribution in [3.8, 4) is 0 Å². The van der Waals surface area contributed by atoms with Gasteiger partial charge in [0.1, 0.15) is 11.3 Å². The van der Waals surface area contributed by atoms with Crippen LogP contribution in [0.3, 0.4) is 0 Å². The highest BCUT2D eigenvalue weighted by atomic mass is 35.5. The molecular weight excluding hydrogens is 456 g/mol. The summed E-state index contributed by atoms with van der Waals surface area (Å²) in [6.07, 6.45) is 1.77. The van der Waals surface area contributed by atoms with Crippen molar-refractivity contribution in [1.29, 1.82) is 0 Å². The second-order valence-electron chi connectivity index (χ2n) is 8.48. The van der Waals surface area contributed by atoms with Crippen LogP contribution in [0.15, 0.2) is 54.2 Å². The lowest BCUT2D eigenvalue weighted by atomic mass is 9.96. The van der Waals surface area contributed by atoms with Crippen molar-refractivity contribution >= 4 is 34.7 Å². The van der Waals surface area contributed by atoms with Crippen molar-refractivity contribution in [3.63, 3.8) is 0 Å². The Hall–Kier alpha value is -3.20. The molecule has 3 aromatic rings. The summed E-state index contributed by atoms with van der Waals surface area (Å²) in [5.74, 6) is -1.59. The van der Waals surface area contributed by atoms with Crippen LogP contribution in [0.1, 0.15) is 23.0 Å². The second-order valence-corrected chi connectivity index (χ2v) is 8.91. The number of Topliss-reactive ketones (excluding diaryl/α,β-unsaturated/α-hetero) is 1. The van der Waals surface area contributed by atoms with Crippen molar-refractivity contribution in [2.75, 3.05) is 39.4 Å². The summed E-state index contributed by atoms with van der Waals surface area (Å²) in [7, 11) is 0. The van der Waals surface area contributed by atoms with Gasteiger partial charge in [0.15, 0.2) is 5.76 Å². The van der Waals surface area contributed by atoms with Crippen LogP contribution < -0.4 is 0 Å². The number of hydrogen-bond donors (Lipinski definition) is 1. The van der Waals surface area contributed by atoms with Gasteiger partial charge in [0.2, 0.25) is 0 Å². The van der Waals surface area contributed by atoms with E-state index in [1.54, 1.807) is 35.7 Å². The molecule has 2 aromatic heterocycles. The van der Waals surface area contributed by atoms with Gasteiger partial charge in [0.25, 0.3) is 11.7 Å². The standard InChI is InChI=1S/C25H25ClN4O4/c1-16-21(29-8-3-2-7-19(29)27-16)23(31)20-22(17-5-4-6-18(26)15-17)30(25(33)24(20)32)10-9-28-11-13-34-14-12-28/h2-8,15,22,31H,9-14H2,1H3/b23-20+/t22-/m0/s1. The van der Waals surface area contributed by atoms with E-state index >= 15 is 0 Å². The number of aryl methyl sites for hydroxylation is 1. The summed E-state index contributed by atoms with van der Waals surface area (Å²) in [6, 6.07) is 11.8. The summed E-state index contributed by atoms with van der Waals surface area (Å²) < 4.78 is 7.13. The number of carbonyl (C=O) groups is 2. The molecular formula is C25H25ClN4O4. The summed E-state index contributed by atoms with van der Waals surface area (Å²) in [5.41, 5.74) is 2.31. The Morgan fingerprint density at radius 1 is 1.15 bits per heavy atom. The van der Waals surface area contributed by atoms with E-state index in [1.165, 1.54) is 4.90 Å². The zero-order chi connectivity index (χ0) is 23.8. The minimum atomic E-state index is -0.756. The van der Waals surface area contributed by atoms with Gasteiger partial charge in [-0.05, 0) is 36.8 Å². The fourth-order valence-electron chi connectivity index (χ4n) is 4.73. The van der Waals surface area contributed by atoms with E-state index in [4.69, 9.17) is 16.3 Å². The van der Waals surface area contributed by atoms with Gasteiger partial charge in [-0.1, -0.05) is 29.8 Å². The number of aliphatic hydroxyl groups excluding tert-OH is 1. The molecule has 4 heterocycles. The third-order valence-corrected chi connectivity index (χ3v) is 6.63. The number of likely N-dealkylation sites (tertiary alicyclic amines) is 1. The number of nitrogens with zero attached hydrogens (tertiary/aromatic N) is 4. The number of fused-ring (bicyclic) bond motifs is 1. The summed E-state index contributed by atoms with van der Waals surface area (Å²) in [5, 5.41) is 12.0. The molecule has 0 radical (unpaired) electrons. The van der Waals surface area contributed by atoms with Gasteiger partial charge >= 0.3 is 0 Å². The van der Waals surface area contributed by atoms with Gasteiger partial charge in [-0.3, -0.25) is 18.9 Å². The third-order valence-electron chi connectivity index (χ3n) is 6.39. The molecule has 1 aromatic carbocycles. The first kappa shape index (κ1) is 22.6. The quantitative estimate of drug-likeness (QED) is 0.343. The average Bonchev–Trinajstić information content (AvgIpc) is 3.31. The Labute approximate surface area is 202 Å². The van der Waals surface area contributed by atoms with Gasteiger partial charge in [0, 0.05) is 37.4 Å². The first-order valence-corrected chi connectivity index (χ1v) is 11.6. The number of ketones is 1. The fourth-order valence-corrected chi connectivity index (χ4v) is 4.93. The lowest BCUT2D eigenvalue weighted by Crippen LogP contribution is -2.42. The van der Waals surface area contributed by atoms with Gasteiger partial charge in [-0.15, -0.1) is 0 Å². The summed E-state index contributed by atoms with van der Waals surface area (Å²) in [4.78, 5) is 34.8. The lowest BCUT2D eigenvalue weighted by Gasteiger charge is -2.31. The van der Waals surface area contributed by atoms with Crippen LogP contribution in [0.5, 0.6) is 0 Å². The SMILES string of the molecule is Cc1nc2ccccn2c1/C(O)=C1\C(=O)C(=O)N(CCN2CCOCC2)[C@H]1c1cccc(Cl)c1. The number of ether oxygens (including phenoxy) is 1. The van der Waals surface area contributed by atoms with Gasteiger partial charge in [-0.25, -0.2) is 4.98 Å². The molecule has 0 spiro atoms. The fraction of sp³-hybridized carbons (Fsp3) is 0.320. The number of amides is 1. The van der Waals surface area contributed by atoms with E-state index in [9.17, 15) is 14.7 Å². The topological polar surface area (TPSA) is 87.4 Å². The molecule has 2 fully saturated rings. The van der Waals surface area contributed by atoms with Crippen molar-refractivity contribution in [2.24, 2.45) is 0 Å². The second kappa shape index (κ2) is 9.21. The molecule has 1 amide bonds. The molecule has 8 nitrogen and oxygen atoms in total. The molecule has 0 unspecified atom stereocenters. The maximum Gasteiger partial charge on any atom is 0.295 e. The van der Waals surface area contributed by atoms with Crippen LogP contribution in [0, 0.1) is 6.92 Å².